The largest absolute Gasteiger partial charge is 0.310 e. The van der Waals surface area contributed by atoms with Crippen LogP contribution in [0.15, 0.2) is 164 Å². The number of benzene rings is 7. The maximum atomic E-state index is 4.87. The average Bonchev–Trinajstić information content (AvgIpc) is 3.86. The second-order valence-electron chi connectivity index (χ2n) is 12.9. The van der Waals surface area contributed by atoms with E-state index < -0.39 is 0 Å². The molecule has 0 spiro atoms. The van der Waals surface area contributed by atoms with Gasteiger partial charge in [-0.1, -0.05) is 66.7 Å². The highest BCUT2D eigenvalue weighted by molar-refractivity contribution is 7.26. The van der Waals surface area contributed by atoms with E-state index in [9.17, 15) is 0 Å². The second-order valence-corrected chi connectivity index (χ2v) is 15.1. The van der Waals surface area contributed by atoms with Gasteiger partial charge in [-0.2, -0.15) is 0 Å². The van der Waals surface area contributed by atoms with Gasteiger partial charge in [0.25, 0.3) is 0 Å². The van der Waals surface area contributed by atoms with Crippen molar-refractivity contribution >= 4 is 107 Å². The minimum atomic E-state index is 0.945. The summed E-state index contributed by atoms with van der Waals surface area (Å²) in [5.74, 6) is 0. The fourth-order valence-corrected chi connectivity index (χ4v) is 9.76. The van der Waals surface area contributed by atoms with Crippen molar-refractivity contribution in [3.8, 4) is 11.3 Å². The normalized spacial score (nSPS) is 12.0. The molecule has 0 radical (unpaired) electrons. The lowest BCUT2D eigenvalue weighted by molar-refractivity contribution is 1.19. The summed E-state index contributed by atoms with van der Waals surface area (Å²) >= 11 is 3.74. The number of rotatable bonds is 4. The molecule has 11 aromatic rings. The minimum Gasteiger partial charge on any atom is -0.310 e. The monoisotopic (exact) mass is 673 g/mol. The molecule has 0 saturated heterocycles. The Hall–Kier alpha value is -6.01. The molecule has 0 N–H and O–H groups in total. The van der Waals surface area contributed by atoms with E-state index in [2.05, 4.69) is 149 Å². The number of aromatic nitrogens is 2. The number of pyridine rings is 1. The van der Waals surface area contributed by atoms with Crippen LogP contribution in [0.5, 0.6) is 0 Å². The molecule has 0 unspecified atom stereocenters. The average molecular weight is 674 g/mol. The molecule has 5 heteroatoms. The zero-order chi connectivity index (χ0) is 32.8. The lowest BCUT2D eigenvalue weighted by atomic mass is 10.0. The van der Waals surface area contributed by atoms with Gasteiger partial charge in [-0.25, -0.2) is 4.98 Å². The van der Waals surface area contributed by atoms with Gasteiger partial charge < -0.3 is 9.30 Å². The number of hydrogen-bond acceptors (Lipinski definition) is 4. The van der Waals surface area contributed by atoms with Crippen molar-refractivity contribution in [3.05, 3.63) is 164 Å². The number of thiophene rings is 2. The van der Waals surface area contributed by atoms with E-state index in [1.54, 1.807) is 0 Å². The van der Waals surface area contributed by atoms with Gasteiger partial charge in [0.15, 0.2) is 0 Å². The Morgan fingerprint density at radius 2 is 1.00 bits per heavy atom. The van der Waals surface area contributed by atoms with Crippen LogP contribution in [-0.4, -0.2) is 9.38 Å². The summed E-state index contributed by atoms with van der Waals surface area (Å²) in [6.45, 7) is 0. The van der Waals surface area contributed by atoms with E-state index in [0.29, 0.717) is 0 Å². The molecule has 0 atom stereocenters. The van der Waals surface area contributed by atoms with E-state index in [4.69, 9.17) is 4.98 Å². The van der Waals surface area contributed by atoms with Crippen LogP contribution < -0.4 is 4.90 Å². The summed E-state index contributed by atoms with van der Waals surface area (Å²) in [6, 6.07) is 55.5. The third-order valence-corrected chi connectivity index (χ3v) is 12.2. The molecule has 0 bridgehead atoms. The maximum Gasteiger partial charge on any atom is 0.137 e. The smallest absolute Gasteiger partial charge is 0.137 e. The van der Waals surface area contributed by atoms with Gasteiger partial charge in [-0.05, 0) is 106 Å². The highest BCUT2D eigenvalue weighted by atomic mass is 32.1. The van der Waals surface area contributed by atoms with Crippen molar-refractivity contribution in [1.29, 1.82) is 0 Å². The molecule has 0 fully saturated rings. The fourth-order valence-electron chi connectivity index (χ4n) is 7.49. The molecule has 4 aromatic heterocycles. The van der Waals surface area contributed by atoms with Crippen molar-refractivity contribution in [1.82, 2.24) is 9.38 Å². The zero-order valence-corrected chi connectivity index (χ0v) is 28.4. The third kappa shape index (κ3) is 4.37. The van der Waals surface area contributed by atoms with Gasteiger partial charge in [-0.15, -0.1) is 22.7 Å². The Bertz CT molecular complexity index is 2920. The van der Waals surface area contributed by atoms with E-state index >= 15 is 0 Å². The lowest BCUT2D eigenvalue weighted by Gasteiger charge is -2.26. The first-order chi connectivity index (χ1) is 24.7. The van der Waals surface area contributed by atoms with Crippen molar-refractivity contribution < 1.29 is 0 Å². The first kappa shape index (κ1) is 27.9. The van der Waals surface area contributed by atoms with Crippen molar-refractivity contribution in [3.63, 3.8) is 0 Å². The SMILES string of the molecule is c1ccc2c(c1)sc1cc3cc(N(c4ccc(-c5cn6ccccc6n5)cc4)c4ccc5cc6c(cc5c4)sc4ccccc46)ccc3cc12. The molecule has 0 saturated carbocycles. The molecule has 0 aliphatic rings. The van der Waals surface area contributed by atoms with Crippen LogP contribution in [0.2, 0.25) is 0 Å². The maximum absolute atomic E-state index is 4.87. The third-order valence-electron chi connectivity index (χ3n) is 9.94. The van der Waals surface area contributed by atoms with Crippen molar-refractivity contribution in [2.45, 2.75) is 0 Å². The first-order valence-electron chi connectivity index (χ1n) is 16.8. The Morgan fingerprint density at radius 1 is 0.440 bits per heavy atom. The summed E-state index contributed by atoms with van der Waals surface area (Å²) < 4.78 is 7.36. The quantitative estimate of drug-likeness (QED) is 0.185. The van der Waals surface area contributed by atoms with Gasteiger partial charge >= 0.3 is 0 Å². The predicted octanol–water partition coefficient (Wildman–Crippen LogP) is 13.5. The van der Waals surface area contributed by atoms with Crippen LogP contribution in [0.25, 0.3) is 78.8 Å². The molecule has 0 amide bonds. The molecule has 0 aliphatic carbocycles. The summed E-state index contributed by atoms with van der Waals surface area (Å²) in [6.07, 6.45) is 4.14. The van der Waals surface area contributed by atoms with Gasteiger partial charge in [0.1, 0.15) is 5.65 Å². The fraction of sp³-hybridized carbons (Fsp3) is 0. The van der Waals surface area contributed by atoms with Crippen LogP contribution in [-0.2, 0) is 0 Å². The molecule has 0 aliphatic heterocycles. The zero-order valence-electron chi connectivity index (χ0n) is 26.7. The first-order valence-corrected chi connectivity index (χ1v) is 18.4. The highest BCUT2D eigenvalue weighted by Crippen LogP contribution is 2.42. The summed E-state index contributed by atoms with van der Waals surface area (Å²) in [4.78, 5) is 7.26. The van der Waals surface area contributed by atoms with Crippen LogP contribution in [0, 0.1) is 0 Å². The second kappa shape index (κ2) is 10.7. The summed E-state index contributed by atoms with van der Waals surface area (Å²) in [5.41, 5.74) is 6.35. The Balaban J connectivity index is 1.08. The standard InChI is InChI=1S/C45H27N3S2/c1-3-9-41-36(7-1)38-23-29-14-18-34(21-31(29)25-43(38)49-41)48(33-16-12-28(13-17-33)40-27-47-20-6-5-11-45(47)46-40)35-19-15-30-24-39-37-8-2-4-10-42(37)50-44(39)26-32(30)22-35/h1-27H. The van der Waals surface area contributed by atoms with E-state index in [1.165, 1.54) is 61.9 Å². The van der Waals surface area contributed by atoms with Gasteiger partial charge in [0, 0.05) is 75.4 Å². The van der Waals surface area contributed by atoms with Gasteiger partial charge in [-0.3, -0.25) is 0 Å². The van der Waals surface area contributed by atoms with Crippen LogP contribution in [0.4, 0.5) is 17.1 Å². The molecule has 50 heavy (non-hydrogen) atoms. The summed E-state index contributed by atoms with van der Waals surface area (Å²) in [5, 5.41) is 10.3. The molecule has 234 valence electrons. The summed E-state index contributed by atoms with van der Waals surface area (Å²) in [7, 11) is 0. The lowest BCUT2D eigenvalue weighted by Crippen LogP contribution is -2.09. The number of nitrogens with zero attached hydrogens (tertiary/aromatic N) is 3. The number of fused-ring (bicyclic) bond motifs is 9. The minimum absolute atomic E-state index is 0.945. The number of hydrogen-bond donors (Lipinski definition) is 0. The van der Waals surface area contributed by atoms with E-state index in [1.807, 2.05) is 47.1 Å². The Kier molecular flexibility index (Phi) is 5.99. The molecular formula is C45H27N3S2. The molecule has 3 nitrogen and oxygen atoms in total. The van der Waals surface area contributed by atoms with E-state index in [0.717, 1.165) is 34.0 Å². The van der Waals surface area contributed by atoms with Gasteiger partial charge in [0.05, 0.1) is 5.69 Å². The Morgan fingerprint density at radius 3 is 1.60 bits per heavy atom. The Labute approximate surface area is 295 Å². The molecular weight excluding hydrogens is 647 g/mol. The van der Waals surface area contributed by atoms with Gasteiger partial charge in [0.2, 0.25) is 0 Å². The van der Waals surface area contributed by atoms with Crippen LogP contribution in [0.3, 0.4) is 0 Å². The van der Waals surface area contributed by atoms with Crippen LogP contribution >= 0.6 is 22.7 Å². The van der Waals surface area contributed by atoms with Crippen LogP contribution in [0.1, 0.15) is 0 Å². The molecule has 4 heterocycles. The predicted molar refractivity (Wildman–Crippen MR) is 216 cm³/mol. The van der Waals surface area contributed by atoms with Crippen molar-refractivity contribution in [2.75, 3.05) is 4.90 Å². The highest BCUT2D eigenvalue weighted by Gasteiger charge is 2.17. The topological polar surface area (TPSA) is 20.5 Å². The molecule has 7 aromatic carbocycles. The number of imidazole rings is 1. The van der Waals surface area contributed by atoms with E-state index in [-0.39, 0.29) is 0 Å². The number of anilines is 3. The molecule has 11 rings (SSSR count). The van der Waals surface area contributed by atoms with Crippen molar-refractivity contribution in [2.24, 2.45) is 0 Å².